The van der Waals surface area contributed by atoms with Gasteiger partial charge in [-0.25, -0.2) is 4.99 Å². The number of amides is 1. The third kappa shape index (κ3) is 5.84. The Labute approximate surface area is 182 Å². The van der Waals surface area contributed by atoms with Crippen molar-refractivity contribution in [2.24, 2.45) is 4.99 Å². The van der Waals surface area contributed by atoms with Crippen molar-refractivity contribution in [1.29, 1.82) is 0 Å². The number of hydrogen-bond acceptors (Lipinski definition) is 2. The number of benzene rings is 2. The molecule has 1 aliphatic rings. The van der Waals surface area contributed by atoms with Gasteiger partial charge in [0.2, 0.25) is 5.91 Å². The van der Waals surface area contributed by atoms with Crippen molar-refractivity contribution >= 4 is 53.1 Å². The maximum atomic E-state index is 12.6. The van der Waals surface area contributed by atoms with Crippen molar-refractivity contribution in [3.05, 3.63) is 64.7 Å². The number of fused-ring (bicyclic) bond motifs is 1. The molecule has 0 unspecified atom stereocenters. The Morgan fingerprint density at radius 2 is 1.89 bits per heavy atom. The maximum Gasteiger partial charge on any atom is 0.246 e. The largest absolute Gasteiger partial charge is 0.357 e. The lowest BCUT2D eigenvalue weighted by Gasteiger charge is -2.18. The number of nitrogens with zero attached hydrogens (tertiary/aromatic N) is 2. The third-order valence-corrected chi connectivity index (χ3v) is 4.52. The first-order valence-electron chi connectivity index (χ1n) is 8.82. The van der Waals surface area contributed by atoms with E-state index in [0.29, 0.717) is 17.5 Å². The molecule has 0 bridgehead atoms. The quantitative estimate of drug-likeness (QED) is 0.376. The Hall–Kier alpha value is -1.80. The van der Waals surface area contributed by atoms with Crippen LogP contribution in [0, 0.1) is 0 Å². The van der Waals surface area contributed by atoms with Gasteiger partial charge in [0.05, 0.1) is 13.1 Å². The highest BCUT2D eigenvalue weighted by Gasteiger charge is 2.23. The van der Waals surface area contributed by atoms with Crippen LogP contribution in [0.4, 0.5) is 5.69 Å². The Balaban J connectivity index is 0.00000261. The molecule has 27 heavy (non-hydrogen) atoms. The first-order chi connectivity index (χ1) is 12.7. The smallest absolute Gasteiger partial charge is 0.246 e. The van der Waals surface area contributed by atoms with Crippen molar-refractivity contribution in [1.82, 2.24) is 10.6 Å². The van der Waals surface area contributed by atoms with E-state index in [1.807, 2.05) is 54.3 Å². The summed E-state index contributed by atoms with van der Waals surface area (Å²) >= 11 is 5.90. The number of rotatable bonds is 5. The monoisotopic (exact) mass is 498 g/mol. The van der Waals surface area contributed by atoms with Gasteiger partial charge >= 0.3 is 0 Å². The zero-order chi connectivity index (χ0) is 18.4. The molecule has 0 radical (unpaired) electrons. The Morgan fingerprint density at radius 3 is 2.63 bits per heavy atom. The molecule has 0 saturated carbocycles. The van der Waals surface area contributed by atoms with Crippen LogP contribution < -0.4 is 15.5 Å². The van der Waals surface area contributed by atoms with Gasteiger partial charge in [-0.3, -0.25) is 4.79 Å². The summed E-state index contributed by atoms with van der Waals surface area (Å²) in [6.45, 7) is 4.19. The molecule has 0 spiro atoms. The molecule has 0 atom stereocenters. The second kappa shape index (κ2) is 10.5. The minimum Gasteiger partial charge on any atom is -0.357 e. The molecule has 2 aromatic rings. The van der Waals surface area contributed by atoms with E-state index in [2.05, 4.69) is 21.7 Å². The Bertz CT molecular complexity index is 795. The highest BCUT2D eigenvalue weighted by molar-refractivity contribution is 14.0. The van der Waals surface area contributed by atoms with Gasteiger partial charge in [0.15, 0.2) is 5.96 Å². The van der Waals surface area contributed by atoms with Crippen LogP contribution in [0.5, 0.6) is 0 Å². The highest BCUT2D eigenvalue weighted by Crippen LogP contribution is 2.27. The van der Waals surface area contributed by atoms with Crippen LogP contribution in [0.25, 0.3) is 0 Å². The molecule has 2 N–H and O–H groups in total. The number of carbonyl (C=O) groups is 1. The van der Waals surface area contributed by atoms with Crippen LogP contribution in [0.3, 0.4) is 0 Å². The average Bonchev–Trinajstić information content (AvgIpc) is 3.09. The van der Waals surface area contributed by atoms with E-state index < -0.39 is 0 Å². The first-order valence-corrected chi connectivity index (χ1v) is 9.20. The number of anilines is 1. The van der Waals surface area contributed by atoms with Gasteiger partial charge in [-0.05, 0) is 42.7 Å². The molecular formula is C20H24ClIN4O. The van der Waals surface area contributed by atoms with Crippen LogP contribution in [-0.2, 0) is 17.8 Å². The van der Waals surface area contributed by atoms with Gasteiger partial charge in [0, 0.05) is 23.8 Å². The molecule has 2 aromatic carbocycles. The van der Waals surface area contributed by atoms with Crippen LogP contribution in [0.15, 0.2) is 53.5 Å². The van der Waals surface area contributed by atoms with E-state index >= 15 is 0 Å². The summed E-state index contributed by atoms with van der Waals surface area (Å²) in [6.07, 6.45) is 0.909. The van der Waals surface area contributed by atoms with Gasteiger partial charge in [0.1, 0.15) is 0 Å². The molecule has 1 aliphatic heterocycles. The summed E-state index contributed by atoms with van der Waals surface area (Å²) < 4.78 is 0. The molecule has 3 rings (SSSR count). The second-order valence-electron chi connectivity index (χ2n) is 6.10. The molecule has 5 nitrogen and oxygen atoms in total. The van der Waals surface area contributed by atoms with E-state index in [1.165, 1.54) is 5.56 Å². The third-order valence-electron chi connectivity index (χ3n) is 4.27. The number of hydrogen-bond donors (Lipinski definition) is 2. The van der Waals surface area contributed by atoms with Gasteiger partial charge in [0.25, 0.3) is 0 Å². The minimum absolute atomic E-state index is 0. The highest BCUT2D eigenvalue weighted by atomic mass is 127. The fourth-order valence-electron chi connectivity index (χ4n) is 2.95. The summed E-state index contributed by atoms with van der Waals surface area (Å²) in [5, 5.41) is 7.01. The SMILES string of the molecule is CCNC(=NCc1ccc(Cl)cc1)NCC(=O)N1CCc2ccccc21.I. The van der Waals surface area contributed by atoms with Gasteiger partial charge in [-0.15, -0.1) is 24.0 Å². The number of carbonyl (C=O) groups excluding carboxylic acids is 1. The normalized spacial score (nSPS) is 13.0. The first kappa shape index (κ1) is 21.5. The maximum absolute atomic E-state index is 12.6. The zero-order valence-corrected chi connectivity index (χ0v) is 18.3. The van der Waals surface area contributed by atoms with E-state index in [-0.39, 0.29) is 36.4 Å². The summed E-state index contributed by atoms with van der Waals surface area (Å²) in [5.41, 5.74) is 3.30. The van der Waals surface area contributed by atoms with Crippen molar-refractivity contribution < 1.29 is 4.79 Å². The van der Waals surface area contributed by atoms with E-state index in [1.54, 1.807) is 0 Å². The lowest BCUT2D eigenvalue weighted by molar-refractivity contribution is -0.117. The molecule has 0 saturated heterocycles. The molecule has 0 aliphatic carbocycles. The summed E-state index contributed by atoms with van der Waals surface area (Å²) in [4.78, 5) is 19.0. The molecule has 1 amide bonds. The number of halogens is 2. The number of nitrogens with one attached hydrogen (secondary N) is 2. The standard InChI is InChI=1S/C20H23ClN4O.HI/c1-2-22-20(23-13-15-7-9-17(21)10-8-15)24-14-19(26)25-12-11-16-5-3-4-6-18(16)25;/h3-10H,2,11-14H2,1H3,(H2,22,23,24);1H. The molecular weight excluding hydrogens is 475 g/mol. The van der Waals surface area contributed by atoms with Crippen LogP contribution in [-0.4, -0.2) is 31.5 Å². The van der Waals surface area contributed by atoms with Crippen LogP contribution in [0.2, 0.25) is 5.02 Å². The van der Waals surface area contributed by atoms with Crippen LogP contribution in [0.1, 0.15) is 18.1 Å². The van der Waals surface area contributed by atoms with Crippen molar-refractivity contribution in [2.75, 3.05) is 24.5 Å². The fourth-order valence-corrected chi connectivity index (χ4v) is 3.08. The summed E-state index contributed by atoms with van der Waals surface area (Å²) in [7, 11) is 0. The van der Waals surface area contributed by atoms with E-state index in [4.69, 9.17) is 11.6 Å². The molecule has 0 aromatic heterocycles. The molecule has 7 heteroatoms. The van der Waals surface area contributed by atoms with E-state index in [0.717, 1.165) is 30.8 Å². The van der Waals surface area contributed by atoms with Crippen molar-refractivity contribution in [3.63, 3.8) is 0 Å². The number of para-hydroxylation sites is 1. The fraction of sp³-hybridized carbons (Fsp3) is 0.300. The summed E-state index contributed by atoms with van der Waals surface area (Å²) in [5.74, 6) is 0.676. The molecule has 144 valence electrons. The minimum atomic E-state index is 0. The van der Waals surface area contributed by atoms with Crippen molar-refractivity contribution in [3.8, 4) is 0 Å². The van der Waals surface area contributed by atoms with E-state index in [9.17, 15) is 4.79 Å². The number of guanidine groups is 1. The Morgan fingerprint density at radius 1 is 1.15 bits per heavy atom. The van der Waals surface area contributed by atoms with Gasteiger partial charge < -0.3 is 15.5 Å². The summed E-state index contributed by atoms with van der Waals surface area (Å²) in [6, 6.07) is 15.6. The lowest BCUT2D eigenvalue weighted by Crippen LogP contribution is -2.44. The number of aliphatic imine (C=N–C) groups is 1. The molecule has 0 fully saturated rings. The second-order valence-corrected chi connectivity index (χ2v) is 6.54. The lowest BCUT2D eigenvalue weighted by atomic mass is 10.2. The average molecular weight is 499 g/mol. The zero-order valence-electron chi connectivity index (χ0n) is 15.2. The van der Waals surface area contributed by atoms with Crippen molar-refractivity contribution in [2.45, 2.75) is 19.9 Å². The van der Waals surface area contributed by atoms with Crippen LogP contribution >= 0.6 is 35.6 Å². The predicted molar refractivity (Wildman–Crippen MR) is 122 cm³/mol. The predicted octanol–water partition coefficient (Wildman–Crippen LogP) is 3.60. The Kier molecular flexibility index (Phi) is 8.37. The van der Waals surface area contributed by atoms with Gasteiger partial charge in [-0.2, -0.15) is 0 Å². The topological polar surface area (TPSA) is 56.7 Å². The molecule has 1 heterocycles. The van der Waals surface area contributed by atoms with Gasteiger partial charge in [-0.1, -0.05) is 41.9 Å².